The van der Waals surface area contributed by atoms with Gasteiger partial charge in [0, 0.05) is 30.6 Å². The highest BCUT2D eigenvalue weighted by Gasteiger charge is 2.27. The van der Waals surface area contributed by atoms with Crippen LogP contribution in [0.4, 0.5) is 0 Å². The molecule has 0 spiro atoms. The van der Waals surface area contributed by atoms with Crippen molar-refractivity contribution in [1.82, 2.24) is 9.62 Å². The van der Waals surface area contributed by atoms with Gasteiger partial charge in [0.05, 0.1) is 0 Å². The maximum Gasteiger partial charge on any atom is 0.253 e. The summed E-state index contributed by atoms with van der Waals surface area (Å²) in [7, 11) is -3.40. The predicted octanol–water partition coefficient (Wildman–Crippen LogP) is 2.55. The van der Waals surface area contributed by atoms with E-state index in [0.29, 0.717) is 25.2 Å². The lowest BCUT2D eigenvalue weighted by atomic mass is 10.1. The molecule has 1 fully saturated rings. The van der Waals surface area contributed by atoms with E-state index in [1.54, 1.807) is 4.90 Å². The molecule has 1 aliphatic rings. The van der Waals surface area contributed by atoms with E-state index in [1.165, 1.54) is 5.56 Å². The number of hydrogen-bond acceptors (Lipinski definition) is 3. The molecule has 1 aliphatic heterocycles. The van der Waals surface area contributed by atoms with Crippen LogP contribution >= 0.6 is 0 Å². The van der Waals surface area contributed by atoms with Crippen LogP contribution < -0.4 is 4.72 Å². The van der Waals surface area contributed by atoms with Crippen LogP contribution in [0.2, 0.25) is 0 Å². The van der Waals surface area contributed by atoms with Crippen molar-refractivity contribution < 1.29 is 13.2 Å². The number of amides is 1. The van der Waals surface area contributed by atoms with Gasteiger partial charge in [-0.3, -0.25) is 4.79 Å². The monoisotopic (exact) mass is 350 g/mol. The zero-order chi connectivity index (χ0) is 17.6. The Kier molecular flexibility index (Phi) is 6.57. The van der Waals surface area contributed by atoms with Gasteiger partial charge in [0.15, 0.2) is 0 Å². The zero-order valence-electron chi connectivity index (χ0n) is 14.2. The summed E-state index contributed by atoms with van der Waals surface area (Å²) < 4.78 is 25.3. The number of aryl methyl sites for hydroxylation is 1. The van der Waals surface area contributed by atoms with Gasteiger partial charge in [-0.15, -0.1) is 0 Å². The number of sulfonamides is 1. The molecular weight excluding hydrogens is 324 g/mol. The predicted molar refractivity (Wildman–Crippen MR) is 96.2 cm³/mol. The summed E-state index contributed by atoms with van der Waals surface area (Å²) in [5.74, 6) is 0.165. The van der Waals surface area contributed by atoms with Crippen LogP contribution in [0.1, 0.15) is 42.1 Å². The molecule has 132 valence electrons. The lowest BCUT2D eigenvalue weighted by Crippen LogP contribution is -2.32. The molecular formula is C18H26N2O3S. The number of carbonyl (C=O) groups excluding carboxylic acids is 1. The highest BCUT2D eigenvalue weighted by Crippen LogP contribution is 2.19. The van der Waals surface area contributed by atoms with Gasteiger partial charge in [0.25, 0.3) is 5.91 Å². The first-order chi connectivity index (χ1) is 11.4. The molecule has 5 nitrogen and oxygen atoms in total. The fourth-order valence-electron chi connectivity index (χ4n) is 2.85. The maximum absolute atomic E-state index is 12.5. The van der Waals surface area contributed by atoms with E-state index >= 15 is 0 Å². The number of rotatable bonds is 8. The molecule has 1 heterocycles. The van der Waals surface area contributed by atoms with Crippen molar-refractivity contribution in [3.05, 3.63) is 47.4 Å². The Morgan fingerprint density at radius 1 is 1.38 bits per heavy atom. The summed E-state index contributed by atoms with van der Waals surface area (Å²) in [6.45, 7) is 7.02. The van der Waals surface area contributed by atoms with Crippen LogP contribution in [-0.2, 0) is 16.4 Å². The summed E-state index contributed by atoms with van der Waals surface area (Å²) in [5, 5.41) is 0.908. The quantitative estimate of drug-likeness (QED) is 0.783. The normalized spacial score (nSPS) is 17.9. The molecule has 1 N–H and O–H groups in total. The summed E-state index contributed by atoms with van der Waals surface area (Å²) in [6.07, 6.45) is 4.16. The van der Waals surface area contributed by atoms with E-state index in [2.05, 4.69) is 18.2 Å². The summed E-state index contributed by atoms with van der Waals surface area (Å²) >= 11 is 0. The van der Waals surface area contributed by atoms with Crippen LogP contribution in [0, 0.1) is 5.92 Å². The molecule has 1 aromatic carbocycles. The Morgan fingerprint density at radius 2 is 2.08 bits per heavy atom. The first-order valence-corrected chi connectivity index (χ1v) is 10.00. The van der Waals surface area contributed by atoms with Gasteiger partial charge in [-0.1, -0.05) is 32.1 Å². The van der Waals surface area contributed by atoms with E-state index in [9.17, 15) is 13.2 Å². The van der Waals surface area contributed by atoms with Crippen LogP contribution in [0.15, 0.2) is 36.3 Å². The van der Waals surface area contributed by atoms with E-state index in [1.807, 2.05) is 24.3 Å². The van der Waals surface area contributed by atoms with Crippen molar-refractivity contribution in [3.63, 3.8) is 0 Å². The van der Waals surface area contributed by atoms with Gasteiger partial charge in [-0.2, -0.15) is 0 Å². The van der Waals surface area contributed by atoms with E-state index in [-0.39, 0.29) is 11.8 Å². The van der Waals surface area contributed by atoms with Crippen molar-refractivity contribution in [1.29, 1.82) is 0 Å². The summed E-state index contributed by atoms with van der Waals surface area (Å²) in [5.41, 5.74) is 1.95. The zero-order valence-corrected chi connectivity index (χ0v) is 15.0. The minimum Gasteiger partial charge on any atom is -0.338 e. The largest absolute Gasteiger partial charge is 0.338 e. The summed E-state index contributed by atoms with van der Waals surface area (Å²) in [4.78, 5) is 14.3. The molecule has 0 saturated carbocycles. The number of hydrogen-bond donors (Lipinski definition) is 1. The third-order valence-electron chi connectivity index (χ3n) is 4.39. The fourth-order valence-corrected chi connectivity index (χ4v) is 3.44. The minimum absolute atomic E-state index is 0.0196. The van der Waals surface area contributed by atoms with Crippen molar-refractivity contribution in [2.45, 2.75) is 32.6 Å². The summed E-state index contributed by atoms with van der Waals surface area (Å²) in [6, 6.07) is 7.82. The number of nitrogens with zero attached hydrogens (tertiary/aromatic N) is 1. The van der Waals surface area contributed by atoms with Gasteiger partial charge in [-0.25, -0.2) is 13.1 Å². The molecule has 6 heteroatoms. The van der Waals surface area contributed by atoms with Gasteiger partial charge in [0.1, 0.15) is 0 Å². The minimum atomic E-state index is -3.40. The SMILES string of the molecule is C=CS(=O)(=O)NCC1CCN(C(=O)c2ccc(CCCC)cc2)C1. The first-order valence-electron chi connectivity index (χ1n) is 8.45. The highest BCUT2D eigenvalue weighted by atomic mass is 32.2. The Hall–Kier alpha value is -1.66. The Morgan fingerprint density at radius 3 is 2.71 bits per heavy atom. The second-order valence-electron chi connectivity index (χ2n) is 6.27. The van der Waals surface area contributed by atoms with Crippen molar-refractivity contribution >= 4 is 15.9 Å². The maximum atomic E-state index is 12.5. The molecule has 0 aliphatic carbocycles. The van der Waals surface area contributed by atoms with Crippen molar-refractivity contribution in [3.8, 4) is 0 Å². The molecule has 0 aromatic heterocycles. The number of nitrogens with one attached hydrogen (secondary N) is 1. The molecule has 24 heavy (non-hydrogen) atoms. The fraction of sp³-hybridized carbons (Fsp3) is 0.500. The molecule has 1 aromatic rings. The number of carbonyl (C=O) groups is 1. The molecule has 1 atom stereocenters. The van der Waals surface area contributed by atoms with E-state index in [0.717, 1.165) is 31.1 Å². The lowest BCUT2D eigenvalue weighted by Gasteiger charge is -2.17. The van der Waals surface area contributed by atoms with Gasteiger partial charge >= 0.3 is 0 Å². The van der Waals surface area contributed by atoms with Crippen LogP contribution in [-0.4, -0.2) is 38.9 Å². The van der Waals surface area contributed by atoms with Crippen LogP contribution in [0.25, 0.3) is 0 Å². The Labute approximate surface area is 144 Å². The van der Waals surface area contributed by atoms with Gasteiger partial charge in [-0.05, 0) is 42.9 Å². The third kappa shape index (κ3) is 5.18. The standard InChI is InChI=1S/C18H26N2O3S/c1-3-5-6-15-7-9-17(10-8-15)18(21)20-12-11-16(14-20)13-19-24(22,23)4-2/h4,7-10,16,19H,2-3,5-6,11-14H2,1H3. The molecule has 1 unspecified atom stereocenters. The van der Waals surface area contributed by atoms with Crippen molar-refractivity contribution in [2.75, 3.05) is 19.6 Å². The van der Waals surface area contributed by atoms with Crippen molar-refractivity contribution in [2.24, 2.45) is 5.92 Å². The smallest absolute Gasteiger partial charge is 0.253 e. The number of benzene rings is 1. The van der Waals surface area contributed by atoms with E-state index in [4.69, 9.17) is 0 Å². The Bertz CT molecular complexity index is 668. The highest BCUT2D eigenvalue weighted by molar-refractivity contribution is 7.92. The third-order valence-corrected chi connectivity index (χ3v) is 5.39. The van der Waals surface area contributed by atoms with Crippen LogP contribution in [0.5, 0.6) is 0 Å². The second kappa shape index (κ2) is 8.44. The van der Waals surface area contributed by atoms with Gasteiger partial charge in [0.2, 0.25) is 10.0 Å². The number of likely N-dealkylation sites (tertiary alicyclic amines) is 1. The topological polar surface area (TPSA) is 66.5 Å². The molecule has 0 radical (unpaired) electrons. The van der Waals surface area contributed by atoms with E-state index < -0.39 is 10.0 Å². The second-order valence-corrected chi connectivity index (χ2v) is 7.98. The van der Waals surface area contributed by atoms with Gasteiger partial charge < -0.3 is 4.90 Å². The molecule has 1 amide bonds. The van der Waals surface area contributed by atoms with Crippen LogP contribution in [0.3, 0.4) is 0 Å². The average Bonchev–Trinajstić information content (AvgIpc) is 3.07. The Balaban J connectivity index is 1.88. The molecule has 0 bridgehead atoms. The first kappa shape index (κ1) is 18.7. The molecule has 1 saturated heterocycles. The lowest BCUT2D eigenvalue weighted by molar-refractivity contribution is 0.0787. The molecule has 2 rings (SSSR count). The number of unbranched alkanes of at least 4 members (excludes halogenated alkanes) is 1. The average molecular weight is 350 g/mol.